The van der Waals surface area contributed by atoms with Gasteiger partial charge in [0.05, 0.1) is 7.11 Å². The molecule has 2 N–H and O–H groups in total. The predicted molar refractivity (Wildman–Crippen MR) is 125 cm³/mol. The van der Waals surface area contributed by atoms with Crippen molar-refractivity contribution in [3.05, 3.63) is 86.5 Å². The van der Waals surface area contributed by atoms with Gasteiger partial charge in [-0.3, -0.25) is 0 Å². The third-order valence-electron chi connectivity index (χ3n) is 5.62. The van der Waals surface area contributed by atoms with Gasteiger partial charge in [-0.15, -0.1) is 0 Å². The van der Waals surface area contributed by atoms with Gasteiger partial charge in [-0.2, -0.15) is 0 Å². The minimum Gasteiger partial charge on any atom is -0.507 e. The highest BCUT2D eigenvalue weighted by Gasteiger charge is 2.15. The second kappa shape index (κ2) is 9.35. The van der Waals surface area contributed by atoms with E-state index in [2.05, 4.69) is 4.74 Å². The summed E-state index contributed by atoms with van der Waals surface area (Å²) in [4.78, 5) is 11.5. The van der Waals surface area contributed by atoms with Gasteiger partial charge in [0.25, 0.3) is 0 Å². The van der Waals surface area contributed by atoms with Crippen LogP contribution in [0.25, 0.3) is 0 Å². The molecule has 5 heteroatoms. The van der Waals surface area contributed by atoms with Crippen molar-refractivity contribution in [3.8, 4) is 17.2 Å². The van der Waals surface area contributed by atoms with Gasteiger partial charge in [0.2, 0.25) is 0 Å². The number of phenols is 2. The number of carbonyl (C=O) groups excluding carboxylic acids is 1. The molecule has 3 rings (SSSR count). The minimum atomic E-state index is -0.746. The average molecular weight is 435 g/mol. The van der Waals surface area contributed by atoms with Crippen LogP contribution in [0.15, 0.2) is 36.4 Å². The maximum absolute atomic E-state index is 11.5. The number of ether oxygens (including phenoxy) is 2. The summed E-state index contributed by atoms with van der Waals surface area (Å²) in [6, 6.07) is 11.8. The SMILES string of the molecule is COC(=O)Oc1c(C)cc(Cc2cc(C)cc(Cc3cc(C)c(O)c(C)c3)c2O)cc1C. The van der Waals surface area contributed by atoms with Crippen LogP contribution in [0.5, 0.6) is 17.2 Å². The molecule has 0 saturated heterocycles. The van der Waals surface area contributed by atoms with Crippen molar-refractivity contribution in [3.63, 3.8) is 0 Å². The van der Waals surface area contributed by atoms with Crippen LogP contribution < -0.4 is 4.74 Å². The maximum Gasteiger partial charge on any atom is 0.513 e. The van der Waals surface area contributed by atoms with Crippen molar-refractivity contribution < 1.29 is 24.5 Å². The molecule has 0 unspecified atom stereocenters. The Morgan fingerprint density at radius 1 is 0.719 bits per heavy atom. The predicted octanol–water partition coefficient (Wildman–Crippen LogP) is 5.97. The fourth-order valence-electron chi connectivity index (χ4n) is 4.22. The highest BCUT2D eigenvalue weighted by molar-refractivity contribution is 5.65. The van der Waals surface area contributed by atoms with E-state index >= 15 is 0 Å². The molecular formula is C27H30O5. The number of carbonyl (C=O) groups is 1. The van der Waals surface area contributed by atoms with E-state index in [1.54, 1.807) is 0 Å². The van der Waals surface area contributed by atoms with E-state index < -0.39 is 6.16 Å². The zero-order valence-corrected chi connectivity index (χ0v) is 19.5. The molecule has 32 heavy (non-hydrogen) atoms. The third-order valence-corrected chi connectivity index (χ3v) is 5.62. The summed E-state index contributed by atoms with van der Waals surface area (Å²) in [6.07, 6.45) is 0.380. The molecule has 0 radical (unpaired) electrons. The van der Waals surface area contributed by atoms with Crippen molar-refractivity contribution in [1.82, 2.24) is 0 Å². The van der Waals surface area contributed by atoms with E-state index in [1.165, 1.54) is 7.11 Å². The molecule has 3 aromatic carbocycles. The van der Waals surface area contributed by atoms with Gasteiger partial charge in [0.1, 0.15) is 17.2 Å². The molecule has 0 heterocycles. The second-order valence-electron chi connectivity index (χ2n) is 8.48. The molecule has 168 valence electrons. The molecule has 0 amide bonds. The van der Waals surface area contributed by atoms with Gasteiger partial charge in [-0.05, 0) is 79.1 Å². The van der Waals surface area contributed by atoms with E-state index in [0.717, 1.165) is 50.1 Å². The molecule has 0 spiro atoms. The van der Waals surface area contributed by atoms with Gasteiger partial charge in [-0.25, -0.2) is 4.79 Å². The first-order chi connectivity index (χ1) is 15.1. The van der Waals surface area contributed by atoms with Crippen LogP contribution in [0.4, 0.5) is 4.79 Å². The lowest BCUT2D eigenvalue weighted by Gasteiger charge is -2.15. The van der Waals surface area contributed by atoms with Crippen LogP contribution in [0.3, 0.4) is 0 Å². The summed E-state index contributed by atoms with van der Waals surface area (Å²) >= 11 is 0. The topological polar surface area (TPSA) is 76.0 Å². The van der Waals surface area contributed by atoms with Crippen LogP contribution in [-0.2, 0) is 17.6 Å². The first-order valence-electron chi connectivity index (χ1n) is 10.6. The number of hydrogen-bond donors (Lipinski definition) is 2. The van der Waals surface area contributed by atoms with Crippen LogP contribution in [0.2, 0.25) is 0 Å². The largest absolute Gasteiger partial charge is 0.513 e. The lowest BCUT2D eigenvalue weighted by Crippen LogP contribution is -2.09. The third kappa shape index (κ3) is 5.05. The lowest BCUT2D eigenvalue weighted by atomic mass is 9.93. The molecule has 0 aromatic heterocycles. The summed E-state index contributed by atoms with van der Waals surface area (Å²) in [6.45, 7) is 9.54. The summed E-state index contributed by atoms with van der Waals surface area (Å²) in [5.74, 6) is 1.09. The van der Waals surface area contributed by atoms with E-state index in [9.17, 15) is 15.0 Å². The number of phenolic OH excluding ortho intramolecular Hbond substituents is 2. The smallest absolute Gasteiger partial charge is 0.507 e. The molecule has 0 saturated carbocycles. The Labute approximate surface area is 189 Å². The Morgan fingerprint density at radius 3 is 1.59 bits per heavy atom. The highest BCUT2D eigenvalue weighted by Crippen LogP contribution is 2.32. The van der Waals surface area contributed by atoms with Gasteiger partial charge in [-0.1, -0.05) is 42.0 Å². The second-order valence-corrected chi connectivity index (χ2v) is 8.48. The number of aryl methyl sites for hydroxylation is 5. The fraction of sp³-hybridized carbons (Fsp3) is 0.296. The molecule has 0 fully saturated rings. The normalized spacial score (nSPS) is 10.8. The van der Waals surface area contributed by atoms with E-state index in [4.69, 9.17) is 4.74 Å². The molecule has 3 aromatic rings. The zero-order chi connectivity index (χ0) is 23.6. The average Bonchev–Trinajstić information content (AvgIpc) is 2.72. The Morgan fingerprint density at radius 2 is 1.16 bits per heavy atom. The van der Waals surface area contributed by atoms with Crippen LogP contribution >= 0.6 is 0 Å². The molecule has 0 aliphatic rings. The van der Waals surface area contributed by atoms with Crippen molar-refractivity contribution in [2.75, 3.05) is 7.11 Å². The van der Waals surface area contributed by atoms with Crippen LogP contribution in [0, 0.1) is 34.6 Å². The fourth-order valence-corrected chi connectivity index (χ4v) is 4.22. The standard InChI is InChI=1S/C27H30O5/c1-15-7-22(13-20-9-16(2)24(28)17(3)10-20)25(29)23(8-15)14-21-11-18(4)26(19(5)12-21)32-27(30)31-6/h7-12,28-29H,13-14H2,1-6H3. The van der Waals surface area contributed by atoms with Crippen molar-refractivity contribution in [2.24, 2.45) is 0 Å². The minimum absolute atomic E-state index is 0.282. The number of hydrogen-bond acceptors (Lipinski definition) is 5. The monoisotopic (exact) mass is 434 g/mol. The Balaban J connectivity index is 1.92. The van der Waals surface area contributed by atoms with Gasteiger partial charge < -0.3 is 19.7 Å². The Kier molecular flexibility index (Phi) is 6.78. The van der Waals surface area contributed by atoms with Crippen LogP contribution in [-0.4, -0.2) is 23.5 Å². The van der Waals surface area contributed by atoms with Crippen LogP contribution in [0.1, 0.15) is 50.1 Å². The van der Waals surface area contributed by atoms with Crippen molar-refractivity contribution in [1.29, 1.82) is 0 Å². The van der Waals surface area contributed by atoms with E-state index in [-0.39, 0.29) is 5.75 Å². The quantitative estimate of drug-likeness (QED) is 0.382. The molecule has 0 aliphatic carbocycles. The van der Waals surface area contributed by atoms with E-state index in [0.29, 0.717) is 24.3 Å². The Hall–Kier alpha value is -3.47. The number of methoxy groups -OCH3 is 1. The summed E-state index contributed by atoms with van der Waals surface area (Å²) in [7, 11) is 1.28. The zero-order valence-electron chi connectivity index (χ0n) is 19.5. The summed E-state index contributed by atoms with van der Waals surface area (Å²) in [5, 5.41) is 21.1. The Bertz CT molecular complexity index is 1130. The number of benzene rings is 3. The van der Waals surface area contributed by atoms with E-state index in [1.807, 2.05) is 71.0 Å². The lowest BCUT2D eigenvalue weighted by molar-refractivity contribution is 0.121. The van der Waals surface area contributed by atoms with Gasteiger partial charge in [0, 0.05) is 12.8 Å². The molecule has 5 nitrogen and oxygen atoms in total. The first kappa shape index (κ1) is 23.2. The van der Waals surface area contributed by atoms with Gasteiger partial charge in [0.15, 0.2) is 0 Å². The van der Waals surface area contributed by atoms with Gasteiger partial charge >= 0.3 is 6.16 Å². The molecular weight excluding hydrogens is 404 g/mol. The summed E-state index contributed by atoms with van der Waals surface area (Å²) < 4.78 is 9.85. The summed E-state index contributed by atoms with van der Waals surface area (Å²) in [5.41, 5.74) is 8.12. The number of rotatable bonds is 5. The van der Waals surface area contributed by atoms with Crippen molar-refractivity contribution >= 4 is 6.16 Å². The molecule has 0 atom stereocenters. The maximum atomic E-state index is 11.5. The molecule has 0 aliphatic heterocycles. The highest BCUT2D eigenvalue weighted by atomic mass is 16.7. The number of aromatic hydroxyl groups is 2. The first-order valence-corrected chi connectivity index (χ1v) is 10.6. The molecule has 0 bridgehead atoms. The van der Waals surface area contributed by atoms with Crippen molar-refractivity contribution in [2.45, 2.75) is 47.5 Å².